The first kappa shape index (κ1) is 19.9. The summed E-state index contributed by atoms with van der Waals surface area (Å²) >= 11 is 0. The predicted molar refractivity (Wildman–Crippen MR) is 114 cm³/mol. The van der Waals surface area contributed by atoms with Gasteiger partial charge in [0.2, 0.25) is 5.88 Å². The zero-order valence-electron chi connectivity index (χ0n) is 17.6. The number of aromatic nitrogens is 4. The number of ether oxygens (including phenoxy) is 1. The maximum atomic E-state index is 13.1. The molecule has 1 aromatic carbocycles. The van der Waals surface area contributed by atoms with Crippen molar-refractivity contribution in [3.63, 3.8) is 0 Å². The number of nitrogens with zero attached hydrogens (tertiary/aromatic N) is 6. The minimum atomic E-state index is 0.0570. The van der Waals surface area contributed by atoms with E-state index in [1.165, 1.54) is 0 Å². The van der Waals surface area contributed by atoms with Crippen LogP contribution >= 0.6 is 0 Å². The summed E-state index contributed by atoms with van der Waals surface area (Å²) in [6.07, 6.45) is 3.31. The Morgan fingerprint density at radius 1 is 1.10 bits per heavy atom. The lowest BCUT2D eigenvalue weighted by Crippen LogP contribution is -2.49. The minimum absolute atomic E-state index is 0.0570. The highest BCUT2D eigenvalue weighted by Crippen LogP contribution is 2.18. The number of hydrogen-bond acceptors (Lipinski definition) is 6. The summed E-state index contributed by atoms with van der Waals surface area (Å²) in [4.78, 5) is 25.7. The van der Waals surface area contributed by atoms with E-state index in [0.717, 1.165) is 22.8 Å². The van der Waals surface area contributed by atoms with Gasteiger partial charge < -0.3 is 14.5 Å². The molecule has 8 heteroatoms. The second-order valence-corrected chi connectivity index (χ2v) is 7.48. The summed E-state index contributed by atoms with van der Waals surface area (Å²) in [6.45, 7) is 7.38. The standard InChI is InChI=1S/C22H26N6O2/c1-16-11-17(2)28(25-16)15-18-5-4-6-19(12-18)22(29)27-9-7-26(8-10-27)20-13-23-14-21(24-20)30-3/h4-6,11-14H,7-10,15H2,1-3H3. The molecule has 156 valence electrons. The van der Waals surface area contributed by atoms with Gasteiger partial charge in [0.15, 0.2) is 5.82 Å². The summed E-state index contributed by atoms with van der Waals surface area (Å²) in [7, 11) is 1.58. The molecular formula is C22H26N6O2. The molecule has 30 heavy (non-hydrogen) atoms. The first-order valence-corrected chi connectivity index (χ1v) is 10.0. The van der Waals surface area contributed by atoms with Crippen molar-refractivity contribution in [3.8, 4) is 5.88 Å². The Morgan fingerprint density at radius 2 is 1.90 bits per heavy atom. The van der Waals surface area contributed by atoms with Crippen LogP contribution in [0.15, 0.2) is 42.7 Å². The second-order valence-electron chi connectivity index (χ2n) is 7.48. The van der Waals surface area contributed by atoms with Crippen LogP contribution in [0.3, 0.4) is 0 Å². The van der Waals surface area contributed by atoms with Crippen LogP contribution in [0.2, 0.25) is 0 Å². The van der Waals surface area contributed by atoms with Crippen LogP contribution in [0.1, 0.15) is 27.3 Å². The average Bonchev–Trinajstić information content (AvgIpc) is 3.10. The van der Waals surface area contributed by atoms with Gasteiger partial charge in [-0.05, 0) is 37.6 Å². The molecule has 0 saturated carbocycles. The fourth-order valence-corrected chi connectivity index (χ4v) is 3.72. The van der Waals surface area contributed by atoms with Gasteiger partial charge in [0.25, 0.3) is 5.91 Å². The van der Waals surface area contributed by atoms with Crippen LogP contribution < -0.4 is 9.64 Å². The van der Waals surface area contributed by atoms with Gasteiger partial charge in [-0.3, -0.25) is 14.5 Å². The Hall–Kier alpha value is -3.42. The molecule has 8 nitrogen and oxygen atoms in total. The van der Waals surface area contributed by atoms with Gasteiger partial charge in [0, 0.05) is 37.4 Å². The Morgan fingerprint density at radius 3 is 2.60 bits per heavy atom. The largest absolute Gasteiger partial charge is 0.480 e. The first-order chi connectivity index (χ1) is 14.5. The van der Waals surface area contributed by atoms with E-state index in [1.54, 1.807) is 19.5 Å². The van der Waals surface area contributed by atoms with Crippen molar-refractivity contribution in [1.82, 2.24) is 24.6 Å². The summed E-state index contributed by atoms with van der Waals surface area (Å²) in [5.74, 6) is 1.32. The van der Waals surface area contributed by atoms with Crippen LogP contribution in [0.25, 0.3) is 0 Å². The molecule has 0 radical (unpaired) electrons. The van der Waals surface area contributed by atoms with Gasteiger partial charge in [-0.25, -0.2) is 0 Å². The van der Waals surface area contributed by atoms with Gasteiger partial charge in [-0.2, -0.15) is 10.1 Å². The number of methoxy groups -OCH3 is 1. The highest BCUT2D eigenvalue weighted by atomic mass is 16.5. The van der Waals surface area contributed by atoms with Gasteiger partial charge >= 0.3 is 0 Å². The summed E-state index contributed by atoms with van der Waals surface area (Å²) in [5, 5.41) is 4.52. The number of amides is 1. The van der Waals surface area contributed by atoms with Crippen LogP contribution in [-0.4, -0.2) is 63.8 Å². The van der Waals surface area contributed by atoms with E-state index in [4.69, 9.17) is 4.74 Å². The monoisotopic (exact) mass is 406 g/mol. The van der Waals surface area contributed by atoms with E-state index in [0.29, 0.717) is 44.2 Å². The van der Waals surface area contributed by atoms with Crippen LogP contribution in [0, 0.1) is 13.8 Å². The van der Waals surface area contributed by atoms with Gasteiger partial charge in [0.1, 0.15) is 0 Å². The maximum absolute atomic E-state index is 13.1. The molecule has 3 aromatic rings. The third kappa shape index (κ3) is 4.27. The van der Waals surface area contributed by atoms with Gasteiger partial charge in [0.05, 0.1) is 31.7 Å². The summed E-state index contributed by atoms with van der Waals surface area (Å²) in [6, 6.07) is 9.88. The lowest BCUT2D eigenvalue weighted by Gasteiger charge is -2.35. The third-order valence-corrected chi connectivity index (χ3v) is 5.31. The van der Waals surface area contributed by atoms with E-state index in [-0.39, 0.29) is 5.91 Å². The zero-order chi connectivity index (χ0) is 21.1. The number of carbonyl (C=O) groups excluding carboxylic acids is 1. The van der Waals surface area contributed by atoms with Gasteiger partial charge in [-0.15, -0.1) is 0 Å². The Kier molecular flexibility index (Phi) is 5.65. The van der Waals surface area contributed by atoms with E-state index in [1.807, 2.05) is 47.7 Å². The highest BCUT2D eigenvalue weighted by Gasteiger charge is 2.23. The van der Waals surface area contributed by atoms with Crippen molar-refractivity contribution in [3.05, 3.63) is 65.2 Å². The molecule has 0 bridgehead atoms. The smallest absolute Gasteiger partial charge is 0.253 e. The maximum Gasteiger partial charge on any atom is 0.253 e. The number of anilines is 1. The molecule has 4 rings (SSSR count). The Bertz CT molecular complexity index is 1040. The first-order valence-electron chi connectivity index (χ1n) is 10.0. The molecule has 0 aliphatic carbocycles. The average molecular weight is 406 g/mol. The van der Waals surface area contributed by atoms with Gasteiger partial charge in [-0.1, -0.05) is 12.1 Å². The topological polar surface area (TPSA) is 76.4 Å². The fourth-order valence-electron chi connectivity index (χ4n) is 3.72. The number of piperazine rings is 1. The highest BCUT2D eigenvalue weighted by molar-refractivity contribution is 5.94. The molecule has 0 unspecified atom stereocenters. The predicted octanol–water partition coefficient (Wildman–Crippen LogP) is 2.31. The molecule has 1 fully saturated rings. The quantitative estimate of drug-likeness (QED) is 0.647. The van der Waals surface area contributed by atoms with E-state index in [9.17, 15) is 4.79 Å². The van der Waals surface area contributed by atoms with E-state index in [2.05, 4.69) is 26.0 Å². The number of rotatable bonds is 5. The van der Waals surface area contributed by atoms with Crippen molar-refractivity contribution in [2.75, 3.05) is 38.2 Å². The fraction of sp³-hybridized carbons (Fsp3) is 0.364. The normalized spacial score (nSPS) is 14.1. The van der Waals surface area contributed by atoms with Crippen molar-refractivity contribution in [2.24, 2.45) is 0 Å². The zero-order valence-corrected chi connectivity index (χ0v) is 17.6. The molecule has 0 N–H and O–H groups in total. The second kappa shape index (κ2) is 8.52. The third-order valence-electron chi connectivity index (χ3n) is 5.31. The van der Waals surface area contributed by atoms with Crippen molar-refractivity contribution >= 4 is 11.7 Å². The Balaban J connectivity index is 1.41. The van der Waals surface area contributed by atoms with E-state index >= 15 is 0 Å². The molecule has 3 heterocycles. The van der Waals surface area contributed by atoms with E-state index < -0.39 is 0 Å². The molecule has 1 aliphatic rings. The van der Waals surface area contributed by atoms with Crippen LogP contribution in [0.4, 0.5) is 5.82 Å². The number of aryl methyl sites for hydroxylation is 2. The molecule has 0 spiro atoms. The number of carbonyl (C=O) groups is 1. The molecule has 1 aliphatic heterocycles. The molecular weight excluding hydrogens is 380 g/mol. The Labute approximate surface area is 176 Å². The lowest BCUT2D eigenvalue weighted by molar-refractivity contribution is 0.0746. The van der Waals surface area contributed by atoms with Crippen LogP contribution in [-0.2, 0) is 6.54 Å². The summed E-state index contributed by atoms with van der Waals surface area (Å²) in [5.41, 5.74) is 3.89. The van der Waals surface area contributed by atoms with Crippen molar-refractivity contribution in [1.29, 1.82) is 0 Å². The SMILES string of the molecule is COc1cncc(N2CCN(C(=O)c3cccc(Cn4nc(C)cc4C)c3)CC2)n1. The molecule has 0 atom stereocenters. The number of hydrogen-bond donors (Lipinski definition) is 0. The van der Waals surface area contributed by atoms with Crippen LogP contribution in [0.5, 0.6) is 5.88 Å². The minimum Gasteiger partial charge on any atom is -0.480 e. The molecule has 2 aromatic heterocycles. The van der Waals surface area contributed by atoms with Crippen molar-refractivity contribution in [2.45, 2.75) is 20.4 Å². The lowest BCUT2D eigenvalue weighted by atomic mass is 10.1. The summed E-state index contributed by atoms with van der Waals surface area (Å²) < 4.78 is 7.12. The van der Waals surface area contributed by atoms with Crippen molar-refractivity contribution < 1.29 is 9.53 Å². The molecule has 1 amide bonds. The molecule has 1 saturated heterocycles. The number of benzene rings is 1.